The fraction of sp³-hybridized carbons (Fsp3) is 0.500. The SMILES string of the molecule is Cc1nn(C)c(C)c1CC(=O)Nc1ccc(N2CCC(C)CC2)cc1. The number of aryl methyl sites for hydroxylation is 2. The van der Waals surface area contributed by atoms with Crippen molar-refractivity contribution in [2.45, 2.75) is 40.0 Å². The van der Waals surface area contributed by atoms with Gasteiger partial charge in [-0.2, -0.15) is 5.10 Å². The second kappa shape index (κ2) is 7.30. The third-order valence-corrected chi connectivity index (χ3v) is 5.30. The molecule has 0 unspecified atom stereocenters. The molecule has 0 radical (unpaired) electrons. The largest absolute Gasteiger partial charge is 0.372 e. The molecule has 2 heterocycles. The standard InChI is InChI=1S/C20H28N4O/c1-14-9-11-24(12-10-14)18-7-5-17(6-8-18)21-20(25)13-19-15(2)22-23(4)16(19)3/h5-8,14H,9-13H2,1-4H3,(H,21,25). The van der Waals surface area contributed by atoms with E-state index in [1.165, 1.54) is 18.5 Å². The molecule has 0 atom stereocenters. The third kappa shape index (κ3) is 4.03. The molecule has 1 saturated heterocycles. The minimum Gasteiger partial charge on any atom is -0.372 e. The Bertz CT molecular complexity index is 740. The Morgan fingerprint density at radius 3 is 2.40 bits per heavy atom. The molecular weight excluding hydrogens is 312 g/mol. The van der Waals surface area contributed by atoms with Crippen molar-refractivity contribution in [3.8, 4) is 0 Å². The minimum absolute atomic E-state index is 0.00116. The Balaban J connectivity index is 1.60. The number of anilines is 2. The van der Waals surface area contributed by atoms with Crippen LogP contribution in [0.4, 0.5) is 11.4 Å². The summed E-state index contributed by atoms with van der Waals surface area (Å²) < 4.78 is 1.83. The molecule has 0 aliphatic carbocycles. The molecule has 0 bridgehead atoms. The Morgan fingerprint density at radius 2 is 1.84 bits per heavy atom. The molecule has 25 heavy (non-hydrogen) atoms. The average Bonchev–Trinajstić information content (AvgIpc) is 2.83. The van der Waals surface area contributed by atoms with E-state index >= 15 is 0 Å². The van der Waals surface area contributed by atoms with Gasteiger partial charge in [0.15, 0.2) is 0 Å². The van der Waals surface area contributed by atoms with Crippen LogP contribution in [0, 0.1) is 19.8 Å². The van der Waals surface area contributed by atoms with Crippen molar-refractivity contribution in [1.82, 2.24) is 9.78 Å². The zero-order valence-corrected chi connectivity index (χ0v) is 15.7. The first-order chi connectivity index (χ1) is 11.9. The van der Waals surface area contributed by atoms with Crippen molar-refractivity contribution in [3.63, 3.8) is 0 Å². The van der Waals surface area contributed by atoms with Crippen LogP contribution in [0.3, 0.4) is 0 Å². The summed E-state index contributed by atoms with van der Waals surface area (Å²) >= 11 is 0. The minimum atomic E-state index is -0.00116. The third-order valence-electron chi connectivity index (χ3n) is 5.30. The number of rotatable bonds is 4. The summed E-state index contributed by atoms with van der Waals surface area (Å²) in [5.41, 5.74) is 5.06. The Kier molecular flexibility index (Phi) is 5.11. The van der Waals surface area contributed by atoms with E-state index in [2.05, 4.69) is 34.4 Å². The summed E-state index contributed by atoms with van der Waals surface area (Å²) in [4.78, 5) is 14.8. The first-order valence-corrected chi connectivity index (χ1v) is 9.08. The van der Waals surface area contributed by atoms with Crippen molar-refractivity contribution >= 4 is 17.3 Å². The summed E-state index contributed by atoms with van der Waals surface area (Å²) in [5, 5.41) is 7.37. The molecule has 1 aliphatic rings. The van der Waals surface area contributed by atoms with Gasteiger partial charge in [-0.05, 0) is 56.9 Å². The summed E-state index contributed by atoms with van der Waals surface area (Å²) in [6, 6.07) is 8.20. The number of carbonyl (C=O) groups is 1. The summed E-state index contributed by atoms with van der Waals surface area (Å²) in [5.74, 6) is 0.827. The lowest BCUT2D eigenvalue weighted by atomic mass is 9.99. The van der Waals surface area contributed by atoms with Crippen molar-refractivity contribution in [3.05, 3.63) is 41.2 Å². The average molecular weight is 340 g/mol. The molecule has 2 aromatic rings. The van der Waals surface area contributed by atoms with Crippen LogP contribution in [0.15, 0.2) is 24.3 Å². The number of aromatic nitrogens is 2. The van der Waals surface area contributed by atoms with Crippen LogP contribution >= 0.6 is 0 Å². The highest BCUT2D eigenvalue weighted by Gasteiger charge is 2.16. The number of nitrogens with zero attached hydrogens (tertiary/aromatic N) is 3. The molecule has 1 aromatic heterocycles. The molecule has 3 rings (SSSR count). The van der Waals surface area contributed by atoms with Gasteiger partial charge >= 0.3 is 0 Å². The van der Waals surface area contributed by atoms with Crippen LogP contribution in [-0.4, -0.2) is 28.8 Å². The van der Waals surface area contributed by atoms with Gasteiger partial charge in [0.05, 0.1) is 12.1 Å². The first kappa shape index (κ1) is 17.5. The van der Waals surface area contributed by atoms with Gasteiger partial charge in [-0.25, -0.2) is 0 Å². The lowest BCUT2D eigenvalue weighted by molar-refractivity contribution is -0.115. The molecule has 0 spiro atoms. The van der Waals surface area contributed by atoms with E-state index in [9.17, 15) is 4.79 Å². The number of nitrogens with one attached hydrogen (secondary N) is 1. The molecule has 0 saturated carbocycles. The lowest BCUT2D eigenvalue weighted by Crippen LogP contribution is -2.32. The maximum Gasteiger partial charge on any atom is 0.228 e. The van der Waals surface area contributed by atoms with E-state index in [-0.39, 0.29) is 5.91 Å². The number of carbonyl (C=O) groups excluding carboxylic acids is 1. The van der Waals surface area contributed by atoms with E-state index in [4.69, 9.17) is 0 Å². The van der Waals surface area contributed by atoms with Crippen LogP contribution in [0.2, 0.25) is 0 Å². The van der Waals surface area contributed by atoms with E-state index in [0.717, 1.165) is 41.6 Å². The Morgan fingerprint density at radius 1 is 1.20 bits per heavy atom. The van der Waals surface area contributed by atoms with Gasteiger partial charge in [0.1, 0.15) is 0 Å². The monoisotopic (exact) mass is 340 g/mol. The van der Waals surface area contributed by atoms with Crippen molar-refractivity contribution < 1.29 is 4.79 Å². The summed E-state index contributed by atoms with van der Waals surface area (Å²) in [6.07, 6.45) is 2.86. The van der Waals surface area contributed by atoms with Gasteiger partial charge in [-0.15, -0.1) is 0 Å². The van der Waals surface area contributed by atoms with Crippen molar-refractivity contribution in [2.24, 2.45) is 13.0 Å². The van der Waals surface area contributed by atoms with Gasteiger partial charge < -0.3 is 10.2 Å². The molecule has 1 aliphatic heterocycles. The molecule has 134 valence electrons. The second-order valence-corrected chi connectivity index (χ2v) is 7.21. The first-order valence-electron chi connectivity index (χ1n) is 9.08. The smallest absolute Gasteiger partial charge is 0.228 e. The van der Waals surface area contributed by atoms with E-state index in [1.54, 1.807) is 0 Å². The molecule has 5 nitrogen and oxygen atoms in total. The Hall–Kier alpha value is -2.30. The normalized spacial score (nSPS) is 15.4. The molecule has 1 fully saturated rings. The van der Waals surface area contributed by atoms with Gasteiger partial charge in [0.25, 0.3) is 0 Å². The van der Waals surface area contributed by atoms with Crippen LogP contribution in [0.1, 0.15) is 36.7 Å². The number of benzene rings is 1. The highest BCUT2D eigenvalue weighted by Crippen LogP contribution is 2.24. The predicted octanol–water partition coefficient (Wildman–Crippen LogP) is 3.45. The van der Waals surface area contributed by atoms with Crippen LogP contribution in [0.5, 0.6) is 0 Å². The molecule has 1 amide bonds. The number of hydrogen-bond acceptors (Lipinski definition) is 3. The topological polar surface area (TPSA) is 50.2 Å². The van der Waals surface area contributed by atoms with E-state index < -0.39 is 0 Å². The zero-order chi connectivity index (χ0) is 18.0. The molecule has 1 N–H and O–H groups in total. The fourth-order valence-electron chi connectivity index (χ4n) is 3.46. The van der Waals surface area contributed by atoms with Crippen LogP contribution < -0.4 is 10.2 Å². The van der Waals surface area contributed by atoms with E-state index in [1.807, 2.05) is 37.7 Å². The number of amides is 1. The summed E-state index contributed by atoms with van der Waals surface area (Å²) in [6.45, 7) is 8.50. The maximum absolute atomic E-state index is 12.4. The zero-order valence-electron chi connectivity index (χ0n) is 15.7. The highest BCUT2D eigenvalue weighted by molar-refractivity contribution is 5.92. The van der Waals surface area contributed by atoms with Crippen molar-refractivity contribution in [1.29, 1.82) is 0 Å². The molecular formula is C20H28N4O. The highest BCUT2D eigenvalue weighted by atomic mass is 16.1. The van der Waals surface area contributed by atoms with Crippen molar-refractivity contribution in [2.75, 3.05) is 23.3 Å². The Labute approximate surface area is 150 Å². The van der Waals surface area contributed by atoms with Crippen LogP contribution in [0.25, 0.3) is 0 Å². The lowest BCUT2D eigenvalue weighted by Gasteiger charge is -2.32. The fourth-order valence-corrected chi connectivity index (χ4v) is 3.46. The van der Waals surface area contributed by atoms with Gasteiger partial charge in [0, 0.05) is 42.8 Å². The molecule has 5 heteroatoms. The maximum atomic E-state index is 12.4. The van der Waals surface area contributed by atoms with Gasteiger partial charge in [-0.1, -0.05) is 6.92 Å². The summed E-state index contributed by atoms with van der Waals surface area (Å²) in [7, 11) is 1.91. The molecule has 1 aromatic carbocycles. The van der Waals surface area contributed by atoms with Crippen LogP contribution in [-0.2, 0) is 18.3 Å². The second-order valence-electron chi connectivity index (χ2n) is 7.21. The number of piperidine rings is 1. The van der Waals surface area contributed by atoms with Gasteiger partial charge in [0.2, 0.25) is 5.91 Å². The predicted molar refractivity (Wildman–Crippen MR) is 102 cm³/mol. The quantitative estimate of drug-likeness (QED) is 0.927. The van der Waals surface area contributed by atoms with Gasteiger partial charge in [-0.3, -0.25) is 9.48 Å². The van der Waals surface area contributed by atoms with E-state index in [0.29, 0.717) is 6.42 Å². The number of hydrogen-bond donors (Lipinski definition) is 1.